The van der Waals surface area contributed by atoms with Gasteiger partial charge < -0.3 is 20.5 Å². The summed E-state index contributed by atoms with van der Waals surface area (Å²) in [6, 6.07) is 7.71. The first-order valence-electron chi connectivity index (χ1n) is 9.15. The van der Waals surface area contributed by atoms with Gasteiger partial charge in [0.05, 0.1) is 12.2 Å². The summed E-state index contributed by atoms with van der Waals surface area (Å²) >= 11 is 0. The smallest absolute Gasteiger partial charge is 0.274 e. The lowest BCUT2D eigenvalue weighted by atomic mass is 9.91. The Morgan fingerprint density at radius 3 is 2.73 bits per heavy atom. The summed E-state index contributed by atoms with van der Waals surface area (Å²) in [4.78, 5) is 21.1. The zero-order chi connectivity index (χ0) is 22.1. The molecule has 0 saturated heterocycles. The van der Waals surface area contributed by atoms with Crippen LogP contribution in [0.25, 0.3) is 0 Å². The number of ether oxygens (including phenoxy) is 2. The molecule has 0 unspecified atom stereocenters. The Labute approximate surface area is 173 Å². The first kappa shape index (κ1) is 21.4. The standard InChI is InChI=1S/C21H22FN5O3/c1-12-7-13(9-23)10-25-17(12)18(28)26-14-5-6-16(22)15(8-14)20(2)11-30-21(3,29-4)19(24)27-20/h5-8,10H,11H2,1-4H3,(H2,24,27)(H,26,28)/t20-,21+/m0/s1. The molecule has 1 aromatic heterocycles. The highest BCUT2D eigenvalue weighted by atomic mass is 19.1. The molecule has 1 aliphatic rings. The summed E-state index contributed by atoms with van der Waals surface area (Å²) in [5, 5.41) is 11.6. The number of amides is 1. The number of nitriles is 1. The molecule has 2 aromatic rings. The summed E-state index contributed by atoms with van der Waals surface area (Å²) in [6.07, 6.45) is 1.32. The second-order valence-corrected chi connectivity index (χ2v) is 7.36. The van der Waals surface area contributed by atoms with E-state index in [2.05, 4.69) is 15.3 Å². The lowest BCUT2D eigenvalue weighted by Crippen LogP contribution is -2.53. The van der Waals surface area contributed by atoms with Crippen molar-refractivity contribution in [2.45, 2.75) is 32.1 Å². The molecule has 0 fully saturated rings. The fourth-order valence-electron chi connectivity index (χ4n) is 3.13. The molecular formula is C21H22FN5O3. The lowest BCUT2D eigenvalue weighted by molar-refractivity contribution is -0.178. The second kappa shape index (κ2) is 7.82. The van der Waals surface area contributed by atoms with Crippen LogP contribution in [0.3, 0.4) is 0 Å². The van der Waals surface area contributed by atoms with Gasteiger partial charge in [0.15, 0.2) is 5.84 Å². The number of carbonyl (C=O) groups excluding carboxylic acids is 1. The Hall–Kier alpha value is -3.35. The molecule has 0 spiro atoms. The van der Waals surface area contributed by atoms with Crippen molar-refractivity contribution >= 4 is 17.4 Å². The van der Waals surface area contributed by atoms with E-state index in [1.807, 2.05) is 6.07 Å². The normalized spacial score (nSPS) is 23.4. The van der Waals surface area contributed by atoms with Crippen LogP contribution in [0.1, 0.15) is 41.0 Å². The van der Waals surface area contributed by atoms with E-state index < -0.39 is 23.1 Å². The number of aromatic nitrogens is 1. The molecule has 0 saturated carbocycles. The molecule has 0 bridgehead atoms. The molecule has 3 rings (SSSR count). The van der Waals surface area contributed by atoms with E-state index in [9.17, 15) is 9.18 Å². The van der Waals surface area contributed by atoms with Gasteiger partial charge >= 0.3 is 0 Å². The molecule has 1 aromatic carbocycles. The number of methoxy groups -OCH3 is 1. The number of amidine groups is 1. The number of carbonyl (C=O) groups is 1. The number of hydrogen-bond donors (Lipinski definition) is 2. The first-order valence-corrected chi connectivity index (χ1v) is 9.15. The molecule has 2 heterocycles. The highest BCUT2D eigenvalue weighted by molar-refractivity contribution is 6.03. The Balaban J connectivity index is 1.91. The van der Waals surface area contributed by atoms with Gasteiger partial charge in [-0.2, -0.15) is 5.26 Å². The third-order valence-electron chi connectivity index (χ3n) is 5.08. The van der Waals surface area contributed by atoms with Gasteiger partial charge in [0.2, 0.25) is 5.79 Å². The van der Waals surface area contributed by atoms with Crippen LogP contribution in [-0.2, 0) is 15.0 Å². The molecule has 30 heavy (non-hydrogen) atoms. The molecule has 3 N–H and O–H groups in total. The summed E-state index contributed by atoms with van der Waals surface area (Å²) in [7, 11) is 1.45. The molecule has 0 radical (unpaired) electrons. The number of anilines is 1. The number of benzene rings is 1. The van der Waals surface area contributed by atoms with Gasteiger partial charge in [-0.05, 0) is 50.6 Å². The van der Waals surface area contributed by atoms with Gasteiger partial charge in [0, 0.05) is 24.6 Å². The summed E-state index contributed by atoms with van der Waals surface area (Å²) < 4.78 is 25.6. The maximum absolute atomic E-state index is 14.7. The van der Waals surface area contributed by atoms with Crippen LogP contribution in [0.2, 0.25) is 0 Å². The quantitative estimate of drug-likeness (QED) is 0.797. The van der Waals surface area contributed by atoms with E-state index in [0.717, 1.165) is 0 Å². The van der Waals surface area contributed by atoms with Crippen molar-refractivity contribution in [2.75, 3.05) is 19.0 Å². The minimum Gasteiger partial charge on any atom is -0.383 e. The molecule has 8 nitrogen and oxygen atoms in total. The highest BCUT2D eigenvalue weighted by Crippen LogP contribution is 2.35. The fraction of sp³-hybridized carbons (Fsp3) is 0.333. The van der Waals surface area contributed by atoms with Crippen LogP contribution in [0.5, 0.6) is 0 Å². The van der Waals surface area contributed by atoms with Crippen molar-refractivity contribution in [3.05, 3.63) is 58.7 Å². The van der Waals surface area contributed by atoms with E-state index in [1.54, 1.807) is 26.8 Å². The number of pyridine rings is 1. The van der Waals surface area contributed by atoms with E-state index in [0.29, 0.717) is 16.8 Å². The molecule has 156 valence electrons. The van der Waals surface area contributed by atoms with Crippen molar-refractivity contribution < 1.29 is 18.7 Å². The minimum atomic E-state index is -1.18. The lowest BCUT2D eigenvalue weighted by Gasteiger charge is -2.39. The van der Waals surface area contributed by atoms with Gasteiger partial charge in [-0.25, -0.2) is 9.37 Å². The zero-order valence-corrected chi connectivity index (χ0v) is 17.1. The third kappa shape index (κ3) is 3.87. The topological polar surface area (TPSA) is 123 Å². The molecule has 1 amide bonds. The van der Waals surface area contributed by atoms with Gasteiger partial charge in [0.25, 0.3) is 5.91 Å². The van der Waals surface area contributed by atoms with Gasteiger partial charge in [0.1, 0.15) is 23.1 Å². The maximum atomic E-state index is 14.7. The Morgan fingerprint density at radius 2 is 2.13 bits per heavy atom. The molecule has 9 heteroatoms. The van der Waals surface area contributed by atoms with E-state index in [1.165, 1.54) is 31.5 Å². The number of nitrogens with zero attached hydrogens (tertiary/aromatic N) is 3. The minimum absolute atomic E-state index is 0.0304. The van der Waals surface area contributed by atoms with Gasteiger partial charge in [-0.1, -0.05) is 0 Å². The molecular weight excluding hydrogens is 389 g/mol. The maximum Gasteiger partial charge on any atom is 0.274 e. The number of aryl methyl sites for hydroxylation is 1. The first-order chi connectivity index (χ1) is 14.1. The van der Waals surface area contributed by atoms with Gasteiger partial charge in [-0.3, -0.25) is 9.79 Å². The largest absolute Gasteiger partial charge is 0.383 e. The van der Waals surface area contributed by atoms with Crippen LogP contribution in [0.15, 0.2) is 35.5 Å². The van der Waals surface area contributed by atoms with Crippen molar-refractivity contribution in [3.8, 4) is 6.07 Å². The molecule has 1 aliphatic heterocycles. The number of rotatable bonds is 4. The van der Waals surface area contributed by atoms with Crippen LogP contribution in [-0.4, -0.2) is 36.2 Å². The summed E-state index contributed by atoms with van der Waals surface area (Å²) in [5.74, 6) is -2.08. The number of nitrogens with two attached hydrogens (primary N) is 1. The number of halogens is 1. The van der Waals surface area contributed by atoms with E-state index >= 15 is 0 Å². The van der Waals surface area contributed by atoms with E-state index in [-0.39, 0.29) is 23.7 Å². The van der Waals surface area contributed by atoms with Crippen LogP contribution in [0, 0.1) is 24.1 Å². The van der Waals surface area contributed by atoms with Crippen molar-refractivity contribution in [3.63, 3.8) is 0 Å². The van der Waals surface area contributed by atoms with E-state index in [4.69, 9.17) is 20.5 Å². The SMILES string of the molecule is CO[C@]1(C)OC[C@@](C)(c2cc(NC(=O)c3ncc(C#N)cc3C)ccc2F)N=C1N. The highest BCUT2D eigenvalue weighted by Gasteiger charge is 2.42. The average molecular weight is 411 g/mol. The number of aliphatic imine (C=N–C) groups is 1. The summed E-state index contributed by atoms with van der Waals surface area (Å²) in [6.45, 7) is 5.03. The van der Waals surface area contributed by atoms with Crippen molar-refractivity contribution in [1.82, 2.24) is 4.98 Å². The number of nitrogens with one attached hydrogen (secondary N) is 1. The molecule has 2 atom stereocenters. The predicted molar refractivity (Wildman–Crippen MR) is 108 cm³/mol. The zero-order valence-electron chi connectivity index (χ0n) is 17.1. The fourth-order valence-corrected chi connectivity index (χ4v) is 3.13. The van der Waals surface area contributed by atoms with Crippen LogP contribution in [0.4, 0.5) is 10.1 Å². The third-order valence-corrected chi connectivity index (χ3v) is 5.08. The van der Waals surface area contributed by atoms with Crippen LogP contribution >= 0.6 is 0 Å². The second-order valence-electron chi connectivity index (χ2n) is 7.36. The van der Waals surface area contributed by atoms with Crippen molar-refractivity contribution in [2.24, 2.45) is 10.7 Å². The Kier molecular flexibility index (Phi) is 5.57. The number of hydrogen-bond acceptors (Lipinski definition) is 7. The van der Waals surface area contributed by atoms with Crippen molar-refractivity contribution in [1.29, 1.82) is 5.26 Å². The predicted octanol–water partition coefficient (Wildman–Crippen LogP) is 2.62. The molecule has 0 aliphatic carbocycles. The Bertz CT molecular complexity index is 1080. The van der Waals surface area contributed by atoms with Crippen LogP contribution < -0.4 is 11.1 Å². The Morgan fingerprint density at radius 1 is 1.40 bits per heavy atom. The summed E-state index contributed by atoms with van der Waals surface area (Å²) in [5.41, 5.74) is 6.55. The monoisotopic (exact) mass is 411 g/mol. The van der Waals surface area contributed by atoms with Gasteiger partial charge in [-0.15, -0.1) is 0 Å². The average Bonchev–Trinajstić information content (AvgIpc) is 2.72.